The van der Waals surface area contributed by atoms with Crippen LogP contribution < -0.4 is 10.6 Å². The fraction of sp³-hybridized carbons (Fsp3) is 0.381. The van der Waals surface area contributed by atoms with E-state index in [1.807, 2.05) is 0 Å². The van der Waals surface area contributed by atoms with E-state index in [0.29, 0.717) is 12.5 Å². The molecule has 0 heterocycles. The van der Waals surface area contributed by atoms with Crippen molar-refractivity contribution >= 4 is 29.9 Å². The Bertz CT molecular complexity index is 686. The molecule has 5 heteroatoms. The monoisotopic (exact) mass is 467 g/mol. The zero-order valence-corrected chi connectivity index (χ0v) is 18.4. The Labute approximate surface area is 174 Å². The summed E-state index contributed by atoms with van der Waals surface area (Å²) in [6, 6.07) is 17.1. The molecule has 26 heavy (non-hydrogen) atoms. The third-order valence-electron chi connectivity index (χ3n) is 4.20. The first-order valence-electron chi connectivity index (χ1n) is 8.70. The first kappa shape index (κ1) is 22.4. The molecular weight excluding hydrogens is 437 g/mol. The Balaban J connectivity index is 0.00000338. The number of nitrogens with one attached hydrogen (secondary N) is 2. The summed E-state index contributed by atoms with van der Waals surface area (Å²) in [4.78, 5) is 4.31. The van der Waals surface area contributed by atoms with Crippen molar-refractivity contribution in [3.05, 3.63) is 70.8 Å². The molecule has 2 aromatic rings. The Kier molecular flexibility index (Phi) is 10.3. The van der Waals surface area contributed by atoms with Gasteiger partial charge in [-0.3, -0.25) is 4.99 Å². The van der Waals surface area contributed by atoms with E-state index >= 15 is 0 Å². The number of hydrogen-bond donors (Lipinski definition) is 2. The number of halogens is 1. The molecule has 0 saturated carbocycles. The summed E-state index contributed by atoms with van der Waals surface area (Å²) in [6.07, 6.45) is 0. The van der Waals surface area contributed by atoms with Gasteiger partial charge in [0.15, 0.2) is 5.96 Å². The van der Waals surface area contributed by atoms with Crippen LogP contribution in [0.4, 0.5) is 0 Å². The maximum absolute atomic E-state index is 5.14. The van der Waals surface area contributed by atoms with Gasteiger partial charge in [-0.25, -0.2) is 0 Å². The van der Waals surface area contributed by atoms with Crippen molar-refractivity contribution in [1.29, 1.82) is 0 Å². The summed E-state index contributed by atoms with van der Waals surface area (Å²) < 4.78 is 5.14. The normalized spacial score (nSPS) is 12.2. The van der Waals surface area contributed by atoms with Crippen LogP contribution >= 0.6 is 24.0 Å². The highest BCUT2D eigenvalue weighted by Crippen LogP contribution is 2.15. The van der Waals surface area contributed by atoms with Gasteiger partial charge in [0.1, 0.15) is 0 Å². The molecule has 0 bridgehead atoms. The van der Waals surface area contributed by atoms with E-state index in [2.05, 4.69) is 78.0 Å². The molecule has 1 unspecified atom stereocenters. The highest BCUT2D eigenvalue weighted by Gasteiger charge is 2.07. The quantitative estimate of drug-likeness (QED) is 0.364. The summed E-state index contributed by atoms with van der Waals surface area (Å²) in [5.74, 6) is 1.24. The molecule has 0 amide bonds. The highest BCUT2D eigenvalue weighted by molar-refractivity contribution is 14.0. The number of ether oxygens (including phenoxy) is 1. The van der Waals surface area contributed by atoms with Gasteiger partial charge in [-0.2, -0.15) is 0 Å². The Hall–Kier alpha value is -1.60. The zero-order valence-electron chi connectivity index (χ0n) is 16.1. The van der Waals surface area contributed by atoms with Crippen LogP contribution in [0.5, 0.6) is 0 Å². The van der Waals surface area contributed by atoms with Crippen LogP contribution in [0.1, 0.15) is 35.1 Å². The molecule has 4 nitrogen and oxygen atoms in total. The first-order chi connectivity index (χ1) is 12.1. The molecule has 0 saturated heterocycles. The van der Waals surface area contributed by atoms with Crippen molar-refractivity contribution in [1.82, 2.24) is 10.6 Å². The maximum atomic E-state index is 5.14. The molecule has 0 spiro atoms. The van der Waals surface area contributed by atoms with Crippen LogP contribution in [-0.2, 0) is 17.9 Å². The SMILES string of the molecule is CN=C(NCc1ccc(COC)cc1)NCC(C)c1cccc(C)c1.I. The topological polar surface area (TPSA) is 45.7 Å². The van der Waals surface area contributed by atoms with Gasteiger partial charge in [0.2, 0.25) is 0 Å². The van der Waals surface area contributed by atoms with Crippen molar-refractivity contribution in [3.63, 3.8) is 0 Å². The van der Waals surface area contributed by atoms with Crippen molar-refractivity contribution in [2.75, 3.05) is 20.7 Å². The lowest BCUT2D eigenvalue weighted by molar-refractivity contribution is 0.185. The van der Waals surface area contributed by atoms with Gasteiger partial charge >= 0.3 is 0 Å². The van der Waals surface area contributed by atoms with Gasteiger partial charge in [-0.15, -0.1) is 24.0 Å². The van der Waals surface area contributed by atoms with Crippen LogP contribution in [0.25, 0.3) is 0 Å². The summed E-state index contributed by atoms with van der Waals surface area (Å²) in [5.41, 5.74) is 5.04. The lowest BCUT2D eigenvalue weighted by Gasteiger charge is -2.17. The second-order valence-electron chi connectivity index (χ2n) is 6.37. The fourth-order valence-corrected chi connectivity index (χ4v) is 2.67. The number of guanidine groups is 1. The van der Waals surface area contributed by atoms with Gasteiger partial charge in [-0.05, 0) is 29.5 Å². The molecule has 0 aliphatic rings. The molecule has 0 radical (unpaired) electrons. The highest BCUT2D eigenvalue weighted by atomic mass is 127. The van der Waals surface area contributed by atoms with Crippen LogP contribution in [-0.4, -0.2) is 26.7 Å². The molecule has 0 fully saturated rings. The maximum Gasteiger partial charge on any atom is 0.191 e. The Morgan fingerprint density at radius 3 is 2.38 bits per heavy atom. The fourth-order valence-electron chi connectivity index (χ4n) is 2.67. The smallest absolute Gasteiger partial charge is 0.191 e. The van der Waals surface area contributed by atoms with Gasteiger partial charge in [0.05, 0.1) is 6.61 Å². The van der Waals surface area contributed by atoms with Crippen LogP contribution in [0.15, 0.2) is 53.5 Å². The van der Waals surface area contributed by atoms with E-state index in [-0.39, 0.29) is 24.0 Å². The second-order valence-corrected chi connectivity index (χ2v) is 6.37. The molecular formula is C21H30IN3O. The minimum absolute atomic E-state index is 0. The molecule has 142 valence electrons. The lowest BCUT2D eigenvalue weighted by Crippen LogP contribution is -2.38. The average Bonchev–Trinajstić information content (AvgIpc) is 2.63. The predicted molar refractivity (Wildman–Crippen MR) is 120 cm³/mol. The van der Waals surface area contributed by atoms with Crippen molar-refractivity contribution in [2.24, 2.45) is 4.99 Å². The summed E-state index contributed by atoms with van der Waals surface area (Å²) in [6.45, 7) is 6.58. The lowest BCUT2D eigenvalue weighted by atomic mass is 9.99. The number of aliphatic imine (C=N–C) groups is 1. The Morgan fingerprint density at radius 1 is 1.08 bits per heavy atom. The number of methoxy groups -OCH3 is 1. The third kappa shape index (κ3) is 7.33. The van der Waals surface area contributed by atoms with E-state index in [4.69, 9.17) is 4.74 Å². The van der Waals surface area contributed by atoms with Gasteiger partial charge < -0.3 is 15.4 Å². The summed E-state index contributed by atoms with van der Waals surface area (Å²) >= 11 is 0. The van der Waals surface area contributed by atoms with E-state index < -0.39 is 0 Å². The average molecular weight is 467 g/mol. The molecule has 2 rings (SSSR count). The largest absolute Gasteiger partial charge is 0.380 e. The number of hydrogen-bond acceptors (Lipinski definition) is 2. The second kappa shape index (κ2) is 11.9. The van der Waals surface area contributed by atoms with Gasteiger partial charge in [0.25, 0.3) is 0 Å². The van der Waals surface area contributed by atoms with Crippen LogP contribution in [0.3, 0.4) is 0 Å². The molecule has 0 aliphatic heterocycles. The third-order valence-corrected chi connectivity index (χ3v) is 4.20. The van der Waals surface area contributed by atoms with Crippen molar-refractivity contribution in [3.8, 4) is 0 Å². The van der Waals surface area contributed by atoms with Crippen molar-refractivity contribution < 1.29 is 4.74 Å². The molecule has 2 aromatic carbocycles. The van der Waals surface area contributed by atoms with E-state index in [1.165, 1.54) is 22.3 Å². The predicted octanol–water partition coefficient (Wildman–Crippen LogP) is 4.23. The number of aryl methyl sites for hydroxylation is 1. The minimum atomic E-state index is 0. The number of benzene rings is 2. The van der Waals surface area contributed by atoms with Crippen LogP contribution in [0, 0.1) is 6.92 Å². The number of nitrogens with zero attached hydrogens (tertiary/aromatic N) is 1. The standard InChI is InChI=1S/C21H29N3O.HI/c1-16-6-5-7-20(12-16)17(2)13-23-21(22-3)24-14-18-8-10-19(11-9-18)15-25-4;/h5-12,17H,13-15H2,1-4H3,(H2,22,23,24);1H. The van der Waals surface area contributed by atoms with E-state index in [9.17, 15) is 0 Å². The zero-order chi connectivity index (χ0) is 18.1. The molecule has 0 aromatic heterocycles. The van der Waals surface area contributed by atoms with Crippen LogP contribution in [0.2, 0.25) is 0 Å². The van der Waals surface area contributed by atoms with E-state index in [1.54, 1.807) is 14.2 Å². The first-order valence-corrected chi connectivity index (χ1v) is 8.70. The molecule has 0 aliphatic carbocycles. The Morgan fingerprint density at radius 2 is 1.77 bits per heavy atom. The molecule has 2 N–H and O–H groups in total. The van der Waals surface area contributed by atoms with Gasteiger partial charge in [-0.1, -0.05) is 61.0 Å². The van der Waals surface area contributed by atoms with Crippen molar-refractivity contribution in [2.45, 2.75) is 32.9 Å². The summed E-state index contributed by atoms with van der Waals surface area (Å²) in [5, 5.41) is 6.77. The van der Waals surface area contributed by atoms with Gasteiger partial charge in [0, 0.05) is 27.2 Å². The van der Waals surface area contributed by atoms with E-state index in [0.717, 1.165) is 19.0 Å². The molecule has 1 atom stereocenters. The summed E-state index contributed by atoms with van der Waals surface area (Å²) in [7, 11) is 3.51. The number of rotatable bonds is 7. The minimum Gasteiger partial charge on any atom is -0.380 e.